The number of ether oxygens (including phenoxy) is 2. The molecule has 8 nitrogen and oxygen atoms in total. The standard InChI is InChI=1S/C26H24ClN5O3/c1-34-25-9-5-4-8-23(25)32-15-20-22(30-32)12-26(33)31(14-19-13-28-10-11-29-19)24(20)17-35-16-18-6-2-3-7-21(18)27/h2-13,30H,14-17H2,1H3. The minimum absolute atomic E-state index is 0.153. The zero-order valence-corrected chi connectivity index (χ0v) is 19.9. The number of rotatable bonds is 8. The molecular weight excluding hydrogens is 466 g/mol. The van der Waals surface area contributed by atoms with Crippen molar-refractivity contribution in [3.05, 3.63) is 111 Å². The molecule has 1 aliphatic rings. The van der Waals surface area contributed by atoms with Gasteiger partial charge >= 0.3 is 0 Å². The molecule has 0 aliphatic carbocycles. The molecule has 3 heterocycles. The van der Waals surface area contributed by atoms with Gasteiger partial charge in [0.25, 0.3) is 5.56 Å². The summed E-state index contributed by atoms with van der Waals surface area (Å²) in [6.07, 6.45) is 4.89. The maximum atomic E-state index is 13.2. The van der Waals surface area contributed by atoms with Crippen molar-refractivity contribution in [2.75, 3.05) is 17.5 Å². The van der Waals surface area contributed by atoms with E-state index in [9.17, 15) is 4.79 Å². The highest BCUT2D eigenvalue weighted by Crippen LogP contribution is 2.35. The lowest BCUT2D eigenvalue weighted by Gasteiger charge is -2.21. The first-order valence-electron chi connectivity index (χ1n) is 11.1. The van der Waals surface area contributed by atoms with Crippen molar-refractivity contribution in [2.24, 2.45) is 0 Å². The Morgan fingerprint density at radius 1 is 1.09 bits per heavy atom. The van der Waals surface area contributed by atoms with Crippen molar-refractivity contribution in [3.63, 3.8) is 0 Å². The van der Waals surface area contributed by atoms with Crippen molar-refractivity contribution < 1.29 is 9.47 Å². The van der Waals surface area contributed by atoms with Gasteiger partial charge in [-0.1, -0.05) is 41.9 Å². The highest BCUT2D eigenvalue weighted by molar-refractivity contribution is 6.31. The number of para-hydroxylation sites is 2. The molecule has 9 heteroatoms. The van der Waals surface area contributed by atoms with Gasteiger partial charge in [0.05, 0.1) is 62.4 Å². The molecule has 1 N–H and O–H groups in total. The molecule has 2 aromatic carbocycles. The third kappa shape index (κ3) is 4.84. The Morgan fingerprint density at radius 2 is 1.91 bits per heavy atom. The van der Waals surface area contributed by atoms with Crippen LogP contribution in [0.2, 0.25) is 5.02 Å². The van der Waals surface area contributed by atoms with E-state index >= 15 is 0 Å². The lowest BCUT2D eigenvalue weighted by atomic mass is 10.1. The van der Waals surface area contributed by atoms with Gasteiger partial charge in [-0.15, -0.1) is 0 Å². The summed E-state index contributed by atoms with van der Waals surface area (Å²) in [4.78, 5) is 21.7. The van der Waals surface area contributed by atoms with Crippen LogP contribution in [0, 0.1) is 0 Å². The Labute approximate surface area is 207 Å². The highest BCUT2D eigenvalue weighted by Gasteiger charge is 2.27. The normalized spacial score (nSPS) is 12.3. The molecule has 0 spiro atoms. The van der Waals surface area contributed by atoms with E-state index in [0.29, 0.717) is 30.4 Å². The van der Waals surface area contributed by atoms with Crippen LogP contribution in [-0.4, -0.2) is 21.6 Å². The number of aromatic nitrogens is 3. The zero-order chi connectivity index (χ0) is 24.2. The lowest BCUT2D eigenvalue weighted by Crippen LogP contribution is -2.26. The van der Waals surface area contributed by atoms with Crippen LogP contribution >= 0.6 is 11.6 Å². The van der Waals surface area contributed by atoms with Crippen LogP contribution in [0.4, 0.5) is 11.4 Å². The van der Waals surface area contributed by atoms with Crippen LogP contribution in [0.15, 0.2) is 78.0 Å². The van der Waals surface area contributed by atoms with Gasteiger partial charge in [-0.25, -0.2) is 0 Å². The molecule has 5 rings (SSSR count). The fraction of sp³-hybridized carbons (Fsp3) is 0.192. The molecule has 0 radical (unpaired) electrons. The number of anilines is 2. The summed E-state index contributed by atoms with van der Waals surface area (Å²) >= 11 is 6.30. The van der Waals surface area contributed by atoms with Crippen molar-refractivity contribution in [3.8, 4) is 5.75 Å². The van der Waals surface area contributed by atoms with E-state index in [0.717, 1.165) is 33.9 Å². The van der Waals surface area contributed by atoms with Gasteiger partial charge in [-0.2, -0.15) is 0 Å². The Hall–Kier alpha value is -3.88. The molecule has 2 aromatic heterocycles. The van der Waals surface area contributed by atoms with Crippen molar-refractivity contribution in [2.45, 2.75) is 26.3 Å². The van der Waals surface area contributed by atoms with E-state index in [2.05, 4.69) is 15.4 Å². The van der Waals surface area contributed by atoms with E-state index in [1.807, 2.05) is 53.5 Å². The van der Waals surface area contributed by atoms with Crippen molar-refractivity contribution in [1.82, 2.24) is 14.5 Å². The van der Waals surface area contributed by atoms with Crippen LogP contribution in [0.1, 0.15) is 22.5 Å². The molecule has 0 amide bonds. The smallest absolute Gasteiger partial charge is 0.253 e. The number of methoxy groups -OCH3 is 1. The summed E-state index contributed by atoms with van der Waals surface area (Å²) in [7, 11) is 1.64. The fourth-order valence-electron chi connectivity index (χ4n) is 4.14. The number of benzene rings is 2. The Balaban J connectivity index is 1.49. The third-order valence-corrected chi connectivity index (χ3v) is 6.24. The predicted molar refractivity (Wildman–Crippen MR) is 135 cm³/mol. The largest absolute Gasteiger partial charge is 0.495 e. The molecule has 0 atom stereocenters. The quantitative estimate of drug-likeness (QED) is 0.392. The first-order valence-corrected chi connectivity index (χ1v) is 11.5. The van der Waals surface area contributed by atoms with Gasteiger partial charge < -0.3 is 14.0 Å². The van der Waals surface area contributed by atoms with Gasteiger partial charge in [-0.05, 0) is 23.8 Å². The number of nitrogens with one attached hydrogen (secondary N) is 1. The molecule has 1 aliphatic heterocycles. The lowest BCUT2D eigenvalue weighted by molar-refractivity contribution is 0.101. The minimum Gasteiger partial charge on any atom is -0.495 e. The number of hydrogen-bond acceptors (Lipinski definition) is 7. The second-order valence-corrected chi connectivity index (χ2v) is 8.47. The molecule has 35 heavy (non-hydrogen) atoms. The summed E-state index contributed by atoms with van der Waals surface area (Å²) in [5.74, 6) is 0.735. The Bertz CT molecular complexity index is 1390. The molecule has 0 saturated carbocycles. The van der Waals surface area contributed by atoms with Gasteiger partial charge in [-0.3, -0.25) is 25.2 Å². The van der Waals surface area contributed by atoms with Gasteiger partial charge in [0.1, 0.15) is 5.75 Å². The molecule has 178 valence electrons. The fourth-order valence-corrected chi connectivity index (χ4v) is 4.33. The number of fused-ring (bicyclic) bond motifs is 1. The second-order valence-electron chi connectivity index (χ2n) is 8.06. The van der Waals surface area contributed by atoms with Crippen LogP contribution in [0.5, 0.6) is 5.75 Å². The summed E-state index contributed by atoms with van der Waals surface area (Å²) < 4.78 is 13.3. The number of hydrogen-bond donors (Lipinski definition) is 1. The van der Waals surface area contributed by atoms with Gasteiger partial charge in [0.15, 0.2) is 0 Å². The van der Waals surface area contributed by atoms with Crippen LogP contribution in [0.3, 0.4) is 0 Å². The number of pyridine rings is 1. The molecule has 0 fully saturated rings. The average Bonchev–Trinajstić information content (AvgIpc) is 3.31. The highest BCUT2D eigenvalue weighted by atomic mass is 35.5. The molecule has 4 aromatic rings. The van der Waals surface area contributed by atoms with Crippen molar-refractivity contribution >= 4 is 23.0 Å². The number of hydrazine groups is 1. The summed E-state index contributed by atoms with van der Waals surface area (Å²) in [5, 5.41) is 2.61. The maximum absolute atomic E-state index is 13.2. The van der Waals surface area contributed by atoms with E-state index in [1.165, 1.54) is 0 Å². The monoisotopic (exact) mass is 489 g/mol. The van der Waals surface area contributed by atoms with Gasteiger partial charge in [0, 0.05) is 29.0 Å². The van der Waals surface area contributed by atoms with Gasteiger partial charge in [0.2, 0.25) is 0 Å². The number of halogens is 1. The molecule has 0 saturated heterocycles. The van der Waals surface area contributed by atoms with Crippen LogP contribution < -0.4 is 20.7 Å². The number of nitrogens with zero attached hydrogens (tertiary/aromatic N) is 4. The minimum atomic E-state index is -0.153. The summed E-state index contributed by atoms with van der Waals surface area (Å²) in [6.45, 7) is 1.37. The average molecular weight is 490 g/mol. The SMILES string of the molecule is COc1ccccc1N1Cc2c(cc(=O)n(Cc3cnccn3)c2COCc2ccccc2Cl)N1. The van der Waals surface area contributed by atoms with E-state index < -0.39 is 0 Å². The van der Waals surface area contributed by atoms with E-state index in [1.54, 1.807) is 36.3 Å². The topological polar surface area (TPSA) is 81.5 Å². The summed E-state index contributed by atoms with van der Waals surface area (Å²) in [5.41, 5.74) is 8.14. The van der Waals surface area contributed by atoms with Crippen LogP contribution in [-0.2, 0) is 31.0 Å². The van der Waals surface area contributed by atoms with E-state index in [-0.39, 0.29) is 12.2 Å². The van der Waals surface area contributed by atoms with E-state index in [4.69, 9.17) is 21.1 Å². The maximum Gasteiger partial charge on any atom is 0.253 e. The molecule has 0 bridgehead atoms. The molecule has 0 unspecified atom stereocenters. The second kappa shape index (κ2) is 10.2. The molecular formula is C26H24ClN5O3. The third-order valence-electron chi connectivity index (χ3n) is 5.87. The Morgan fingerprint density at radius 3 is 2.71 bits per heavy atom. The van der Waals surface area contributed by atoms with Crippen LogP contribution in [0.25, 0.3) is 0 Å². The zero-order valence-electron chi connectivity index (χ0n) is 19.1. The first-order chi connectivity index (χ1) is 17.1. The Kier molecular flexibility index (Phi) is 6.65. The first kappa shape index (κ1) is 22.9. The summed E-state index contributed by atoms with van der Waals surface area (Å²) in [6, 6.07) is 16.9. The predicted octanol–water partition coefficient (Wildman–Crippen LogP) is 4.41. The van der Waals surface area contributed by atoms with Crippen molar-refractivity contribution in [1.29, 1.82) is 0 Å².